The Labute approximate surface area is 204 Å². The van der Waals surface area contributed by atoms with Crippen LogP contribution >= 0.6 is 11.8 Å². The van der Waals surface area contributed by atoms with Crippen molar-refractivity contribution in [3.63, 3.8) is 0 Å². The van der Waals surface area contributed by atoms with E-state index in [1.165, 1.54) is 11.8 Å². The van der Waals surface area contributed by atoms with Gasteiger partial charge in [0.25, 0.3) is 5.91 Å². The number of carbonyl (C=O) groups is 2. The zero-order valence-corrected chi connectivity index (χ0v) is 20.8. The topological polar surface area (TPSA) is 87.1 Å². The Morgan fingerprint density at radius 3 is 2.56 bits per heavy atom. The fourth-order valence-electron chi connectivity index (χ4n) is 4.33. The van der Waals surface area contributed by atoms with Crippen molar-refractivity contribution >= 4 is 23.5 Å². The van der Waals surface area contributed by atoms with E-state index in [2.05, 4.69) is 43.7 Å². The maximum atomic E-state index is 12.9. The molecule has 3 aromatic rings. The number of hydrogen-bond donors (Lipinski definition) is 1. The van der Waals surface area contributed by atoms with Gasteiger partial charge < -0.3 is 14.5 Å². The number of likely N-dealkylation sites (tertiary alicyclic amines) is 1. The Hall–Kier alpha value is -2.91. The molecule has 0 bridgehead atoms. The van der Waals surface area contributed by atoms with Gasteiger partial charge in [0.05, 0.1) is 18.3 Å². The van der Waals surface area contributed by atoms with Crippen molar-refractivity contribution in [2.75, 3.05) is 32.9 Å². The third-order valence-corrected chi connectivity index (χ3v) is 7.16. The molecule has 0 radical (unpaired) electrons. The summed E-state index contributed by atoms with van der Waals surface area (Å²) in [6.45, 7) is 4.34. The van der Waals surface area contributed by atoms with E-state index in [-0.39, 0.29) is 23.5 Å². The molecule has 34 heavy (non-hydrogen) atoms. The monoisotopic (exact) mass is 480 g/mol. The number of carbonyl (C=O) groups excluding carboxylic acids is 2. The minimum atomic E-state index is -0.0443. The Kier molecular flexibility index (Phi) is 7.84. The molecule has 1 aliphatic heterocycles. The summed E-state index contributed by atoms with van der Waals surface area (Å²) in [6.07, 6.45) is 4.60. The Morgan fingerprint density at radius 2 is 1.88 bits per heavy atom. The van der Waals surface area contributed by atoms with Gasteiger partial charge in [0.1, 0.15) is 5.69 Å². The fourth-order valence-corrected chi connectivity index (χ4v) is 5.17. The smallest absolute Gasteiger partial charge is 0.270 e. The predicted octanol–water partition coefficient (Wildman–Crippen LogP) is 3.88. The molecule has 1 saturated heterocycles. The van der Waals surface area contributed by atoms with Gasteiger partial charge in [-0.15, -0.1) is 10.2 Å². The van der Waals surface area contributed by atoms with Crippen molar-refractivity contribution in [2.45, 2.75) is 43.9 Å². The summed E-state index contributed by atoms with van der Waals surface area (Å²) in [5.74, 6) is 1.04. The molecule has 1 fully saturated rings. The first-order chi connectivity index (χ1) is 16.5. The lowest BCUT2D eigenvalue weighted by Gasteiger charge is -2.23. The molecule has 1 N–H and O–H groups in total. The van der Waals surface area contributed by atoms with Crippen LogP contribution in [0.5, 0.6) is 0 Å². The standard InChI is InChI=1S/C25H32N6O2S/c1-4-21(29(2)3)23-27-28-25(31(23)16-18-10-6-5-7-11-18)34-17-22(32)19-14-20(26-15-19)24(33)30-12-8-9-13-30/h5-7,10-11,14-15,21,26H,4,8-9,12-13,16-17H2,1-3H3. The third kappa shape index (κ3) is 5.42. The maximum Gasteiger partial charge on any atom is 0.270 e. The number of hydrogen-bond acceptors (Lipinski definition) is 6. The number of Topliss-reactive ketones (excluding diaryl/α,β-unsaturated/α-hetero) is 1. The van der Waals surface area contributed by atoms with E-state index in [0.717, 1.165) is 48.9 Å². The summed E-state index contributed by atoms with van der Waals surface area (Å²) in [7, 11) is 4.08. The molecule has 4 rings (SSSR count). The number of aromatic nitrogens is 4. The minimum absolute atomic E-state index is 0.0364. The van der Waals surface area contributed by atoms with Crippen molar-refractivity contribution in [2.24, 2.45) is 0 Å². The van der Waals surface area contributed by atoms with Crippen LogP contribution < -0.4 is 0 Å². The largest absolute Gasteiger partial charge is 0.356 e. The number of nitrogens with one attached hydrogen (secondary N) is 1. The van der Waals surface area contributed by atoms with E-state index in [0.29, 0.717) is 17.8 Å². The van der Waals surface area contributed by atoms with Gasteiger partial charge in [0.2, 0.25) is 0 Å². The first-order valence-corrected chi connectivity index (χ1v) is 12.7. The lowest BCUT2D eigenvalue weighted by molar-refractivity contribution is 0.0787. The summed E-state index contributed by atoms with van der Waals surface area (Å²) in [4.78, 5) is 32.5. The summed E-state index contributed by atoms with van der Waals surface area (Å²) < 4.78 is 2.11. The van der Waals surface area contributed by atoms with Crippen LogP contribution in [0.25, 0.3) is 0 Å². The molecule has 3 heterocycles. The lowest BCUT2D eigenvalue weighted by atomic mass is 10.2. The van der Waals surface area contributed by atoms with Gasteiger partial charge in [-0.3, -0.25) is 14.5 Å². The highest BCUT2D eigenvalue weighted by Crippen LogP contribution is 2.27. The van der Waals surface area contributed by atoms with Gasteiger partial charge in [0, 0.05) is 24.8 Å². The zero-order valence-electron chi connectivity index (χ0n) is 20.0. The second-order valence-corrected chi connectivity index (χ2v) is 9.76. The first-order valence-electron chi connectivity index (χ1n) is 11.7. The molecule has 1 aromatic carbocycles. The molecule has 0 saturated carbocycles. The fraction of sp³-hybridized carbons (Fsp3) is 0.440. The van der Waals surface area contributed by atoms with E-state index in [9.17, 15) is 9.59 Å². The molecule has 1 aliphatic rings. The molecule has 0 aliphatic carbocycles. The second-order valence-electron chi connectivity index (χ2n) is 8.81. The number of nitrogens with zero attached hydrogens (tertiary/aromatic N) is 5. The number of benzene rings is 1. The molecule has 1 atom stereocenters. The number of thioether (sulfide) groups is 1. The highest BCUT2D eigenvalue weighted by Gasteiger charge is 2.24. The van der Waals surface area contributed by atoms with E-state index >= 15 is 0 Å². The van der Waals surface area contributed by atoms with Crippen LogP contribution in [0.15, 0.2) is 47.8 Å². The number of aromatic amines is 1. The molecule has 180 valence electrons. The van der Waals surface area contributed by atoms with Crippen molar-refractivity contribution in [3.8, 4) is 0 Å². The van der Waals surface area contributed by atoms with Crippen molar-refractivity contribution in [1.82, 2.24) is 29.5 Å². The number of H-pyrrole nitrogens is 1. The maximum absolute atomic E-state index is 12.9. The van der Waals surface area contributed by atoms with Gasteiger partial charge in [-0.05, 0) is 45.0 Å². The van der Waals surface area contributed by atoms with Crippen LogP contribution in [0.4, 0.5) is 0 Å². The average molecular weight is 481 g/mol. The van der Waals surface area contributed by atoms with Gasteiger partial charge >= 0.3 is 0 Å². The van der Waals surface area contributed by atoms with E-state index in [1.807, 2.05) is 37.2 Å². The number of amides is 1. The first kappa shape index (κ1) is 24.2. The van der Waals surface area contributed by atoms with E-state index < -0.39 is 0 Å². The van der Waals surface area contributed by atoms with Gasteiger partial charge in [-0.2, -0.15) is 0 Å². The van der Waals surface area contributed by atoms with Crippen LogP contribution in [0.2, 0.25) is 0 Å². The van der Waals surface area contributed by atoms with Crippen molar-refractivity contribution in [1.29, 1.82) is 0 Å². The lowest BCUT2D eigenvalue weighted by Crippen LogP contribution is -2.27. The third-order valence-electron chi connectivity index (χ3n) is 6.20. The summed E-state index contributed by atoms with van der Waals surface area (Å²) in [5.41, 5.74) is 2.15. The molecule has 0 spiro atoms. The van der Waals surface area contributed by atoms with Gasteiger partial charge in [0.15, 0.2) is 16.8 Å². The van der Waals surface area contributed by atoms with Crippen molar-refractivity contribution < 1.29 is 9.59 Å². The normalized spacial score (nSPS) is 14.6. The number of ketones is 1. The average Bonchev–Trinajstić information content (AvgIpc) is 3.60. The molecule has 1 unspecified atom stereocenters. The van der Waals surface area contributed by atoms with E-state index in [4.69, 9.17) is 0 Å². The Bertz CT molecular complexity index is 1120. The van der Waals surface area contributed by atoms with Gasteiger partial charge in [-0.1, -0.05) is 49.0 Å². The summed E-state index contributed by atoms with van der Waals surface area (Å²) in [6, 6.07) is 12.0. The molecule has 9 heteroatoms. The Morgan fingerprint density at radius 1 is 1.15 bits per heavy atom. The highest BCUT2D eigenvalue weighted by molar-refractivity contribution is 7.99. The van der Waals surface area contributed by atoms with Crippen molar-refractivity contribution in [3.05, 3.63) is 65.2 Å². The van der Waals surface area contributed by atoms with E-state index in [1.54, 1.807) is 12.3 Å². The quantitative estimate of drug-likeness (QED) is 0.350. The van der Waals surface area contributed by atoms with Crippen LogP contribution in [-0.4, -0.2) is 74.2 Å². The molecule has 8 nitrogen and oxygen atoms in total. The minimum Gasteiger partial charge on any atom is -0.356 e. The molecule has 2 aromatic heterocycles. The highest BCUT2D eigenvalue weighted by atomic mass is 32.2. The van der Waals surface area contributed by atoms with Crippen LogP contribution in [0.3, 0.4) is 0 Å². The SMILES string of the molecule is CCC(c1nnc(SCC(=O)c2c[nH]c(C(=O)N3CCCC3)c2)n1Cc1ccccc1)N(C)C. The van der Waals surface area contributed by atoms with Gasteiger partial charge in [-0.25, -0.2) is 0 Å². The second kappa shape index (κ2) is 11.0. The van der Waals surface area contributed by atoms with Crippen LogP contribution in [0.1, 0.15) is 64.5 Å². The van der Waals surface area contributed by atoms with Crippen LogP contribution in [0, 0.1) is 0 Å². The Balaban J connectivity index is 1.49. The summed E-state index contributed by atoms with van der Waals surface area (Å²) in [5, 5.41) is 9.67. The predicted molar refractivity (Wildman–Crippen MR) is 133 cm³/mol. The summed E-state index contributed by atoms with van der Waals surface area (Å²) >= 11 is 1.38. The molecular weight excluding hydrogens is 448 g/mol. The zero-order chi connectivity index (χ0) is 24.1. The van der Waals surface area contributed by atoms with Crippen LogP contribution in [-0.2, 0) is 6.54 Å². The number of rotatable bonds is 10. The molecule has 1 amide bonds. The molecular formula is C25H32N6O2S.